The minimum atomic E-state index is 0.282. The van der Waals surface area contributed by atoms with E-state index in [0.717, 1.165) is 26.1 Å². The molecule has 0 radical (unpaired) electrons. The Hall–Kier alpha value is -0.380. The van der Waals surface area contributed by atoms with Crippen LogP contribution in [-0.4, -0.2) is 43.8 Å². The summed E-state index contributed by atoms with van der Waals surface area (Å²) in [6, 6.07) is 0.282. The van der Waals surface area contributed by atoms with Crippen molar-refractivity contribution in [1.82, 2.24) is 4.90 Å². The summed E-state index contributed by atoms with van der Waals surface area (Å²) in [5, 5.41) is 0. The van der Waals surface area contributed by atoms with Crippen molar-refractivity contribution >= 4 is 0 Å². The highest BCUT2D eigenvalue weighted by atomic mass is 16.5. The Morgan fingerprint density at radius 2 is 2.19 bits per heavy atom. The molecule has 0 saturated carbocycles. The zero-order chi connectivity index (χ0) is 11.4. The second-order valence-corrected chi connectivity index (χ2v) is 5.25. The van der Waals surface area contributed by atoms with Crippen molar-refractivity contribution in [2.75, 3.05) is 26.7 Å². The molecular formula is C13H24N2O. The number of likely N-dealkylation sites (N-methyl/N-ethyl adjacent to an activating group) is 1. The maximum atomic E-state index is 5.86. The molecule has 92 valence electrons. The zero-order valence-electron chi connectivity index (χ0n) is 10.3. The van der Waals surface area contributed by atoms with Crippen LogP contribution in [0.2, 0.25) is 0 Å². The van der Waals surface area contributed by atoms with E-state index < -0.39 is 0 Å². The van der Waals surface area contributed by atoms with Gasteiger partial charge in [-0.05, 0) is 38.6 Å². The van der Waals surface area contributed by atoms with Crippen LogP contribution in [0, 0.1) is 5.92 Å². The van der Waals surface area contributed by atoms with Gasteiger partial charge in [0.15, 0.2) is 0 Å². The first kappa shape index (κ1) is 12.1. The number of hydrogen-bond acceptors (Lipinski definition) is 3. The monoisotopic (exact) mass is 224 g/mol. The van der Waals surface area contributed by atoms with E-state index in [9.17, 15) is 0 Å². The fourth-order valence-corrected chi connectivity index (χ4v) is 2.72. The number of nitrogens with zero attached hydrogens (tertiary/aromatic N) is 1. The molecule has 0 spiro atoms. The summed E-state index contributed by atoms with van der Waals surface area (Å²) in [5.41, 5.74) is 5.86. The molecular weight excluding hydrogens is 200 g/mol. The maximum absolute atomic E-state index is 5.86. The van der Waals surface area contributed by atoms with Crippen molar-refractivity contribution in [3.8, 4) is 0 Å². The molecule has 1 heterocycles. The summed E-state index contributed by atoms with van der Waals surface area (Å²) in [6.45, 7) is 3.14. The first-order valence-electron chi connectivity index (χ1n) is 6.48. The summed E-state index contributed by atoms with van der Waals surface area (Å²) in [7, 11) is 2.19. The maximum Gasteiger partial charge on any atom is 0.0701 e. The largest absolute Gasteiger partial charge is 0.377 e. The molecule has 0 aromatic carbocycles. The predicted molar refractivity (Wildman–Crippen MR) is 66.3 cm³/mol. The Kier molecular flexibility index (Phi) is 4.38. The van der Waals surface area contributed by atoms with Gasteiger partial charge in [-0.15, -0.1) is 0 Å². The lowest BCUT2D eigenvalue weighted by atomic mass is 10.1. The molecule has 2 rings (SSSR count). The van der Waals surface area contributed by atoms with Crippen molar-refractivity contribution in [1.29, 1.82) is 0 Å². The van der Waals surface area contributed by atoms with Gasteiger partial charge in [-0.25, -0.2) is 0 Å². The topological polar surface area (TPSA) is 38.5 Å². The zero-order valence-corrected chi connectivity index (χ0v) is 10.3. The molecule has 3 unspecified atom stereocenters. The van der Waals surface area contributed by atoms with E-state index in [1.165, 1.54) is 19.3 Å². The molecule has 0 bridgehead atoms. The second-order valence-electron chi connectivity index (χ2n) is 5.25. The minimum Gasteiger partial charge on any atom is -0.377 e. The van der Waals surface area contributed by atoms with Gasteiger partial charge in [0.2, 0.25) is 0 Å². The summed E-state index contributed by atoms with van der Waals surface area (Å²) in [4.78, 5) is 2.39. The molecule has 2 aliphatic rings. The molecule has 0 aromatic rings. The van der Waals surface area contributed by atoms with Crippen LogP contribution in [0.25, 0.3) is 0 Å². The van der Waals surface area contributed by atoms with Crippen LogP contribution in [0.4, 0.5) is 0 Å². The number of ether oxygens (including phenoxy) is 1. The van der Waals surface area contributed by atoms with Gasteiger partial charge in [0.05, 0.1) is 6.10 Å². The summed E-state index contributed by atoms with van der Waals surface area (Å²) in [5.74, 6) is 0.642. The third-order valence-corrected chi connectivity index (χ3v) is 3.54. The number of hydrogen-bond donors (Lipinski definition) is 1. The average molecular weight is 224 g/mol. The summed E-state index contributed by atoms with van der Waals surface area (Å²) in [6.07, 6.45) is 9.75. The van der Waals surface area contributed by atoms with Gasteiger partial charge >= 0.3 is 0 Å². The third-order valence-electron chi connectivity index (χ3n) is 3.54. The number of nitrogens with two attached hydrogens (primary N) is 1. The Balaban J connectivity index is 1.67. The highest BCUT2D eigenvalue weighted by Gasteiger charge is 2.20. The normalized spacial score (nSPS) is 34.8. The first-order chi connectivity index (χ1) is 7.74. The van der Waals surface area contributed by atoms with E-state index >= 15 is 0 Å². The standard InChI is InChI=1S/C13H24N2O/c1-15(9-11-5-6-12(14)8-11)10-13-4-2-3-7-16-13/h5-6,11-13H,2-4,7-10,14H2,1H3. The van der Waals surface area contributed by atoms with E-state index in [-0.39, 0.29) is 6.04 Å². The molecule has 3 atom stereocenters. The van der Waals surface area contributed by atoms with Gasteiger partial charge in [0.1, 0.15) is 0 Å². The lowest BCUT2D eigenvalue weighted by Crippen LogP contribution is -2.36. The highest BCUT2D eigenvalue weighted by Crippen LogP contribution is 2.18. The second kappa shape index (κ2) is 5.80. The number of rotatable bonds is 4. The van der Waals surface area contributed by atoms with Crippen molar-refractivity contribution in [3.05, 3.63) is 12.2 Å². The molecule has 2 N–H and O–H groups in total. The Morgan fingerprint density at radius 1 is 1.31 bits per heavy atom. The molecule has 16 heavy (non-hydrogen) atoms. The van der Waals surface area contributed by atoms with Gasteiger partial charge in [0, 0.05) is 25.7 Å². The first-order valence-corrected chi connectivity index (χ1v) is 6.48. The van der Waals surface area contributed by atoms with Crippen LogP contribution in [0.5, 0.6) is 0 Å². The van der Waals surface area contributed by atoms with E-state index in [1.54, 1.807) is 0 Å². The highest BCUT2D eigenvalue weighted by molar-refractivity contribution is 5.05. The van der Waals surface area contributed by atoms with Crippen LogP contribution in [0.3, 0.4) is 0 Å². The predicted octanol–water partition coefficient (Wildman–Crippen LogP) is 1.39. The van der Waals surface area contributed by atoms with Crippen LogP contribution in [0.1, 0.15) is 25.7 Å². The van der Waals surface area contributed by atoms with Gasteiger partial charge in [0.25, 0.3) is 0 Å². The molecule has 1 saturated heterocycles. The third kappa shape index (κ3) is 3.58. The van der Waals surface area contributed by atoms with Gasteiger partial charge in [-0.2, -0.15) is 0 Å². The van der Waals surface area contributed by atoms with Gasteiger partial charge in [-0.1, -0.05) is 12.2 Å². The fourth-order valence-electron chi connectivity index (χ4n) is 2.72. The molecule has 1 fully saturated rings. The Morgan fingerprint density at radius 3 is 2.81 bits per heavy atom. The van der Waals surface area contributed by atoms with Crippen molar-refractivity contribution in [2.45, 2.75) is 37.8 Å². The molecule has 3 nitrogen and oxygen atoms in total. The van der Waals surface area contributed by atoms with Crippen molar-refractivity contribution in [3.63, 3.8) is 0 Å². The van der Waals surface area contributed by atoms with Crippen LogP contribution in [-0.2, 0) is 4.74 Å². The van der Waals surface area contributed by atoms with Gasteiger partial charge in [-0.3, -0.25) is 0 Å². The lowest BCUT2D eigenvalue weighted by Gasteiger charge is -2.28. The smallest absolute Gasteiger partial charge is 0.0701 e. The Labute approximate surface area is 98.6 Å². The van der Waals surface area contributed by atoms with E-state index in [4.69, 9.17) is 10.5 Å². The lowest BCUT2D eigenvalue weighted by molar-refractivity contribution is -0.00270. The van der Waals surface area contributed by atoms with Crippen LogP contribution >= 0.6 is 0 Å². The molecule has 0 amide bonds. The average Bonchev–Trinajstić information content (AvgIpc) is 2.65. The van der Waals surface area contributed by atoms with E-state index in [2.05, 4.69) is 24.1 Å². The molecule has 3 heteroatoms. The molecule has 1 aliphatic carbocycles. The van der Waals surface area contributed by atoms with Crippen molar-refractivity contribution in [2.24, 2.45) is 11.7 Å². The fraction of sp³-hybridized carbons (Fsp3) is 0.846. The van der Waals surface area contributed by atoms with Crippen LogP contribution in [0.15, 0.2) is 12.2 Å². The summed E-state index contributed by atoms with van der Waals surface area (Å²) >= 11 is 0. The molecule has 1 aliphatic heterocycles. The quantitative estimate of drug-likeness (QED) is 0.733. The van der Waals surface area contributed by atoms with E-state index in [0.29, 0.717) is 12.0 Å². The van der Waals surface area contributed by atoms with E-state index in [1.807, 2.05) is 0 Å². The van der Waals surface area contributed by atoms with Crippen LogP contribution < -0.4 is 5.73 Å². The summed E-state index contributed by atoms with van der Waals surface area (Å²) < 4.78 is 5.75. The van der Waals surface area contributed by atoms with Crippen molar-refractivity contribution < 1.29 is 4.74 Å². The molecule has 0 aromatic heterocycles. The van der Waals surface area contributed by atoms with Gasteiger partial charge < -0.3 is 15.4 Å². The minimum absolute atomic E-state index is 0.282. The Bertz CT molecular complexity index is 236. The SMILES string of the molecule is CN(CC1C=CC(N)C1)CC1CCCCO1.